The zero-order valence-corrected chi connectivity index (χ0v) is 12.8. The molecule has 2 heterocycles. The van der Waals surface area contributed by atoms with Crippen LogP contribution in [0.3, 0.4) is 0 Å². The van der Waals surface area contributed by atoms with Crippen molar-refractivity contribution in [2.24, 2.45) is 0 Å². The van der Waals surface area contributed by atoms with Crippen molar-refractivity contribution in [3.63, 3.8) is 0 Å². The molecule has 3 aromatic rings. The van der Waals surface area contributed by atoms with Crippen molar-refractivity contribution in [1.29, 1.82) is 0 Å². The van der Waals surface area contributed by atoms with Gasteiger partial charge in [0.25, 0.3) is 0 Å². The molecule has 1 unspecified atom stereocenters. The molecule has 0 spiro atoms. The van der Waals surface area contributed by atoms with E-state index in [9.17, 15) is 0 Å². The second-order valence-corrected chi connectivity index (χ2v) is 5.37. The van der Waals surface area contributed by atoms with Crippen LogP contribution in [0.5, 0.6) is 0 Å². The highest BCUT2D eigenvalue weighted by Gasteiger charge is 2.16. The number of benzene rings is 1. The summed E-state index contributed by atoms with van der Waals surface area (Å²) in [6.45, 7) is 1.93. The van der Waals surface area contributed by atoms with Gasteiger partial charge in [-0.15, -0.1) is 0 Å². The van der Waals surface area contributed by atoms with E-state index in [-0.39, 0.29) is 6.04 Å². The molecule has 0 radical (unpaired) electrons. The Morgan fingerprint density at radius 2 is 1.91 bits per heavy atom. The number of nitrogens with zero attached hydrogens (tertiary/aromatic N) is 3. The molecule has 0 aliphatic heterocycles. The number of anilines is 1. The lowest BCUT2D eigenvalue weighted by atomic mass is 10.0. The minimum Gasteiger partial charge on any atom is -0.357 e. The van der Waals surface area contributed by atoms with E-state index < -0.39 is 0 Å². The molecule has 1 aromatic carbocycles. The van der Waals surface area contributed by atoms with Gasteiger partial charge in [-0.05, 0) is 36.8 Å². The third-order valence-electron chi connectivity index (χ3n) is 3.26. The molecule has 110 valence electrons. The van der Waals surface area contributed by atoms with Gasteiger partial charge in [0.05, 0.1) is 11.7 Å². The fourth-order valence-electron chi connectivity index (χ4n) is 2.24. The second kappa shape index (κ2) is 6.54. The molecule has 3 rings (SSSR count). The van der Waals surface area contributed by atoms with Crippen LogP contribution in [-0.4, -0.2) is 15.0 Å². The molecule has 1 N–H and O–H groups in total. The molecular weight excluding hydrogens is 296 g/mol. The van der Waals surface area contributed by atoms with E-state index in [1.54, 1.807) is 12.5 Å². The lowest BCUT2D eigenvalue weighted by molar-refractivity contribution is 0.874. The third-order valence-corrected chi connectivity index (χ3v) is 3.50. The molecule has 22 heavy (non-hydrogen) atoms. The van der Waals surface area contributed by atoms with Crippen molar-refractivity contribution in [2.45, 2.75) is 13.0 Å². The van der Waals surface area contributed by atoms with E-state index in [0.717, 1.165) is 22.8 Å². The number of halogens is 1. The molecular formula is C17H15ClN4. The Balaban J connectivity index is 2.00. The number of rotatable bonds is 4. The first kappa shape index (κ1) is 14.5. The van der Waals surface area contributed by atoms with Crippen molar-refractivity contribution >= 4 is 17.4 Å². The lowest BCUT2D eigenvalue weighted by Gasteiger charge is -2.19. The number of hydrogen-bond donors (Lipinski definition) is 1. The van der Waals surface area contributed by atoms with Gasteiger partial charge in [-0.3, -0.25) is 4.98 Å². The Bertz CT molecular complexity index is 761. The van der Waals surface area contributed by atoms with E-state index in [2.05, 4.69) is 20.3 Å². The Hall–Kier alpha value is -2.46. The van der Waals surface area contributed by atoms with Crippen molar-refractivity contribution in [3.8, 4) is 0 Å². The molecule has 2 aromatic heterocycles. The van der Waals surface area contributed by atoms with Gasteiger partial charge in [0.1, 0.15) is 12.1 Å². The van der Waals surface area contributed by atoms with Gasteiger partial charge in [0.2, 0.25) is 0 Å². The summed E-state index contributed by atoms with van der Waals surface area (Å²) in [5.74, 6) is 0.753. The molecule has 0 aliphatic rings. The second-order valence-electron chi connectivity index (χ2n) is 4.93. The number of pyridine rings is 1. The zero-order valence-electron chi connectivity index (χ0n) is 12.1. The van der Waals surface area contributed by atoms with Gasteiger partial charge in [-0.25, -0.2) is 9.97 Å². The highest BCUT2D eigenvalue weighted by molar-refractivity contribution is 6.30. The highest BCUT2D eigenvalue weighted by Crippen LogP contribution is 2.26. The van der Waals surface area contributed by atoms with Crippen LogP contribution < -0.4 is 5.32 Å². The summed E-state index contributed by atoms with van der Waals surface area (Å²) in [6, 6.07) is 15.4. The fraction of sp³-hybridized carbons (Fsp3) is 0.118. The standard InChI is InChI=1S/C17H15ClN4/c1-12-9-16(21-11-20-12)22-17(15-7-2-3-8-19-15)13-5-4-6-14(18)10-13/h2-11,17H,1H3,(H,20,21,22). The maximum Gasteiger partial charge on any atom is 0.130 e. The van der Waals surface area contributed by atoms with Crippen LogP contribution in [0.4, 0.5) is 5.82 Å². The van der Waals surface area contributed by atoms with Crippen LogP contribution in [0.1, 0.15) is 23.0 Å². The SMILES string of the molecule is Cc1cc(NC(c2cccc(Cl)c2)c2ccccn2)ncn1. The summed E-state index contributed by atoms with van der Waals surface area (Å²) in [4.78, 5) is 12.8. The maximum atomic E-state index is 6.13. The Morgan fingerprint density at radius 1 is 1.00 bits per heavy atom. The number of aryl methyl sites for hydroxylation is 1. The minimum atomic E-state index is -0.130. The highest BCUT2D eigenvalue weighted by atomic mass is 35.5. The van der Waals surface area contributed by atoms with E-state index in [0.29, 0.717) is 5.02 Å². The molecule has 0 saturated carbocycles. The quantitative estimate of drug-likeness (QED) is 0.790. The average molecular weight is 311 g/mol. The van der Waals surface area contributed by atoms with Crippen LogP contribution in [-0.2, 0) is 0 Å². The first-order valence-corrected chi connectivity index (χ1v) is 7.32. The van der Waals surface area contributed by atoms with Gasteiger partial charge >= 0.3 is 0 Å². The maximum absolute atomic E-state index is 6.13. The molecule has 0 bridgehead atoms. The third kappa shape index (κ3) is 3.40. The van der Waals surface area contributed by atoms with Gasteiger partial charge in [-0.2, -0.15) is 0 Å². The summed E-state index contributed by atoms with van der Waals surface area (Å²) in [5, 5.41) is 4.10. The van der Waals surface area contributed by atoms with Crippen molar-refractivity contribution < 1.29 is 0 Å². The smallest absolute Gasteiger partial charge is 0.130 e. The molecule has 0 saturated heterocycles. The predicted octanol–water partition coefficient (Wildman–Crippen LogP) is 4.03. The van der Waals surface area contributed by atoms with Crippen LogP contribution >= 0.6 is 11.6 Å². The van der Waals surface area contributed by atoms with Crippen molar-refractivity contribution in [2.75, 3.05) is 5.32 Å². The number of aromatic nitrogens is 3. The molecule has 0 aliphatic carbocycles. The molecule has 1 atom stereocenters. The van der Waals surface area contributed by atoms with Gasteiger partial charge in [0.15, 0.2) is 0 Å². The predicted molar refractivity (Wildman–Crippen MR) is 87.9 cm³/mol. The zero-order chi connectivity index (χ0) is 15.4. The first-order valence-electron chi connectivity index (χ1n) is 6.94. The van der Waals surface area contributed by atoms with Crippen LogP contribution in [0, 0.1) is 6.92 Å². The molecule has 0 fully saturated rings. The summed E-state index contributed by atoms with van der Waals surface area (Å²) >= 11 is 6.13. The largest absolute Gasteiger partial charge is 0.357 e. The summed E-state index contributed by atoms with van der Waals surface area (Å²) < 4.78 is 0. The van der Waals surface area contributed by atoms with Crippen molar-refractivity contribution in [1.82, 2.24) is 15.0 Å². The van der Waals surface area contributed by atoms with E-state index in [1.807, 2.05) is 55.5 Å². The number of nitrogens with one attached hydrogen (secondary N) is 1. The monoisotopic (exact) mass is 310 g/mol. The minimum absolute atomic E-state index is 0.130. The fourth-order valence-corrected chi connectivity index (χ4v) is 2.44. The average Bonchev–Trinajstić information content (AvgIpc) is 2.53. The topological polar surface area (TPSA) is 50.7 Å². The van der Waals surface area contributed by atoms with Crippen LogP contribution in [0.25, 0.3) is 0 Å². The Morgan fingerprint density at radius 3 is 2.64 bits per heavy atom. The van der Waals surface area contributed by atoms with Gasteiger partial charge < -0.3 is 5.32 Å². The Kier molecular flexibility index (Phi) is 4.30. The van der Waals surface area contributed by atoms with E-state index in [4.69, 9.17) is 11.6 Å². The summed E-state index contributed by atoms with van der Waals surface area (Å²) in [7, 11) is 0. The first-order chi connectivity index (χ1) is 10.7. The van der Waals surface area contributed by atoms with E-state index in [1.165, 1.54) is 0 Å². The lowest BCUT2D eigenvalue weighted by Crippen LogP contribution is -2.14. The number of hydrogen-bond acceptors (Lipinski definition) is 4. The molecule has 5 heteroatoms. The van der Waals surface area contributed by atoms with Crippen LogP contribution in [0.2, 0.25) is 5.02 Å². The van der Waals surface area contributed by atoms with E-state index >= 15 is 0 Å². The Labute approximate surface area is 134 Å². The van der Waals surface area contributed by atoms with Gasteiger partial charge in [-0.1, -0.05) is 29.8 Å². The van der Waals surface area contributed by atoms with Crippen LogP contribution in [0.15, 0.2) is 61.1 Å². The van der Waals surface area contributed by atoms with Gasteiger partial charge in [0, 0.05) is 23.0 Å². The summed E-state index contributed by atoms with van der Waals surface area (Å²) in [5.41, 5.74) is 2.84. The molecule has 4 nitrogen and oxygen atoms in total. The molecule has 0 amide bonds. The summed E-state index contributed by atoms with van der Waals surface area (Å²) in [6.07, 6.45) is 3.32. The normalized spacial score (nSPS) is 11.9. The van der Waals surface area contributed by atoms with Crippen molar-refractivity contribution in [3.05, 3.63) is 83.0 Å².